The zero-order chi connectivity index (χ0) is 11.3. The molecule has 15 heavy (non-hydrogen) atoms. The van der Waals surface area contributed by atoms with Gasteiger partial charge in [-0.15, -0.1) is 0 Å². The van der Waals surface area contributed by atoms with Crippen molar-refractivity contribution >= 4 is 17.7 Å². The van der Waals surface area contributed by atoms with Gasteiger partial charge in [0.25, 0.3) is 0 Å². The molecular weight excluding hydrogens is 210 g/mol. The van der Waals surface area contributed by atoms with E-state index < -0.39 is 0 Å². The summed E-state index contributed by atoms with van der Waals surface area (Å²) in [7, 11) is 0. The summed E-state index contributed by atoms with van der Waals surface area (Å²) in [4.78, 5) is 11.7. The Labute approximate surface area is 94.6 Å². The molecule has 1 N–H and O–H groups in total. The summed E-state index contributed by atoms with van der Waals surface area (Å²) >= 11 is 1.58. The van der Waals surface area contributed by atoms with Crippen molar-refractivity contribution in [2.24, 2.45) is 5.92 Å². The van der Waals surface area contributed by atoms with Crippen LogP contribution >= 0.6 is 11.8 Å². The maximum Gasteiger partial charge on any atom is 0.233 e. The van der Waals surface area contributed by atoms with Crippen molar-refractivity contribution in [3.63, 3.8) is 0 Å². The number of nitrogens with one attached hydrogen (secondary N) is 1. The lowest BCUT2D eigenvalue weighted by Gasteiger charge is -2.17. The fraction of sp³-hybridized carbons (Fsp3) is 0.545. The molecule has 1 heterocycles. The molecular formula is C11H17NO2S. The quantitative estimate of drug-likeness (QED) is 0.839. The Bertz CT molecular complexity index is 296. The van der Waals surface area contributed by atoms with Crippen LogP contribution in [0, 0.1) is 5.92 Å². The number of furan rings is 1. The molecule has 1 aromatic rings. The molecule has 4 heteroatoms. The van der Waals surface area contributed by atoms with Crippen molar-refractivity contribution in [1.29, 1.82) is 0 Å². The molecule has 84 valence electrons. The highest BCUT2D eigenvalue weighted by Gasteiger charge is 2.20. The van der Waals surface area contributed by atoms with Crippen LogP contribution in [0.5, 0.6) is 0 Å². The number of carbonyl (C=O) groups is 1. The minimum absolute atomic E-state index is 0.0139. The number of hydrogen-bond donors (Lipinski definition) is 1. The van der Waals surface area contributed by atoms with Crippen LogP contribution in [0.4, 0.5) is 0 Å². The molecule has 1 atom stereocenters. The standard InChI is InChI=1S/C11H17NO2S/c1-8(2)10(15-3)11(13)12-7-9-5-4-6-14-9/h4-6,8,10H,7H2,1-3H3,(H,12,13)/t10-/m0/s1. The van der Waals surface area contributed by atoms with Gasteiger partial charge in [-0.1, -0.05) is 13.8 Å². The minimum atomic E-state index is 0.0139. The lowest BCUT2D eigenvalue weighted by molar-refractivity contribution is -0.121. The minimum Gasteiger partial charge on any atom is -0.467 e. The summed E-state index contributed by atoms with van der Waals surface area (Å²) in [6, 6.07) is 3.67. The molecule has 1 amide bonds. The number of thioether (sulfide) groups is 1. The summed E-state index contributed by atoms with van der Waals surface area (Å²) in [6.45, 7) is 4.57. The zero-order valence-corrected chi connectivity index (χ0v) is 10.1. The van der Waals surface area contributed by atoms with Gasteiger partial charge in [0.2, 0.25) is 5.91 Å². The van der Waals surface area contributed by atoms with E-state index >= 15 is 0 Å². The fourth-order valence-corrected chi connectivity index (χ4v) is 2.21. The molecule has 0 aliphatic carbocycles. The van der Waals surface area contributed by atoms with Gasteiger partial charge in [-0.2, -0.15) is 11.8 Å². The third-order valence-electron chi connectivity index (χ3n) is 2.13. The van der Waals surface area contributed by atoms with Gasteiger partial charge in [0.1, 0.15) is 5.76 Å². The summed E-state index contributed by atoms with van der Waals surface area (Å²) < 4.78 is 5.14. The van der Waals surface area contributed by atoms with Crippen LogP contribution in [-0.4, -0.2) is 17.4 Å². The number of carbonyl (C=O) groups excluding carboxylic acids is 1. The Balaban J connectivity index is 2.41. The van der Waals surface area contributed by atoms with Gasteiger partial charge >= 0.3 is 0 Å². The van der Waals surface area contributed by atoms with Crippen LogP contribution in [0.3, 0.4) is 0 Å². The molecule has 0 aromatic carbocycles. The maximum absolute atomic E-state index is 11.7. The second kappa shape index (κ2) is 5.85. The molecule has 0 radical (unpaired) electrons. The monoisotopic (exact) mass is 227 g/mol. The van der Waals surface area contributed by atoms with Crippen molar-refractivity contribution in [3.05, 3.63) is 24.2 Å². The van der Waals surface area contributed by atoms with Crippen LogP contribution in [-0.2, 0) is 11.3 Å². The highest BCUT2D eigenvalue weighted by Crippen LogP contribution is 2.16. The van der Waals surface area contributed by atoms with E-state index in [2.05, 4.69) is 5.32 Å². The second-order valence-corrected chi connectivity index (χ2v) is 4.68. The number of hydrogen-bond acceptors (Lipinski definition) is 3. The van der Waals surface area contributed by atoms with Gasteiger partial charge in [-0.05, 0) is 24.3 Å². The topological polar surface area (TPSA) is 42.2 Å². The lowest BCUT2D eigenvalue weighted by atomic mass is 10.1. The Morgan fingerprint density at radius 2 is 2.33 bits per heavy atom. The normalized spacial score (nSPS) is 12.8. The molecule has 0 aliphatic heterocycles. The fourth-order valence-electron chi connectivity index (χ4n) is 1.37. The average molecular weight is 227 g/mol. The first-order valence-electron chi connectivity index (χ1n) is 4.98. The molecule has 0 aliphatic rings. The van der Waals surface area contributed by atoms with Gasteiger partial charge in [0.05, 0.1) is 18.1 Å². The van der Waals surface area contributed by atoms with Crippen molar-refractivity contribution in [2.45, 2.75) is 25.6 Å². The van der Waals surface area contributed by atoms with E-state index in [1.807, 2.05) is 32.2 Å². The van der Waals surface area contributed by atoms with Gasteiger partial charge < -0.3 is 9.73 Å². The smallest absolute Gasteiger partial charge is 0.233 e. The Morgan fingerprint density at radius 3 is 2.80 bits per heavy atom. The van der Waals surface area contributed by atoms with Crippen LogP contribution in [0.2, 0.25) is 0 Å². The molecule has 0 saturated heterocycles. The van der Waals surface area contributed by atoms with E-state index in [9.17, 15) is 4.79 Å². The largest absolute Gasteiger partial charge is 0.467 e. The first-order valence-corrected chi connectivity index (χ1v) is 6.26. The first-order chi connectivity index (χ1) is 7.15. The third-order valence-corrected chi connectivity index (χ3v) is 3.40. The van der Waals surface area contributed by atoms with Crippen LogP contribution in [0.25, 0.3) is 0 Å². The van der Waals surface area contributed by atoms with E-state index in [1.54, 1.807) is 18.0 Å². The van der Waals surface area contributed by atoms with Crippen LogP contribution < -0.4 is 5.32 Å². The molecule has 0 saturated carbocycles. The molecule has 3 nitrogen and oxygen atoms in total. The highest BCUT2D eigenvalue weighted by molar-refractivity contribution is 7.99. The van der Waals surface area contributed by atoms with Crippen LogP contribution in [0.1, 0.15) is 19.6 Å². The van der Waals surface area contributed by atoms with Gasteiger partial charge in [-0.3, -0.25) is 4.79 Å². The Kier molecular flexibility index (Phi) is 4.75. The number of rotatable bonds is 5. The predicted octanol–water partition coefficient (Wildman–Crippen LogP) is 2.28. The molecule has 1 aromatic heterocycles. The van der Waals surface area contributed by atoms with E-state index in [0.717, 1.165) is 5.76 Å². The molecule has 0 fully saturated rings. The molecule has 1 rings (SSSR count). The van der Waals surface area contributed by atoms with Crippen molar-refractivity contribution in [3.8, 4) is 0 Å². The third kappa shape index (κ3) is 3.63. The van der Waals surface area contributed by atoms with Gasteiger partial charge in [0.15, 0.2) is 0 Å². The zero-order valence-electron chi connectivity index (χ0n) is 9.32. The summed E-state index contributed by atoms with van der Waals surface area (Å²) in [5, 5.41) is 2.88. The predicted molar refractivity (Wildman–Crippen MR) is 62.7 cm³/mol. The first kappa shape index (κ1) is 12.2. The molecule has 0 spiro atoms. The van der Waals surface area contributed by atoms with E-state index in [1.165, 1.54) is 0 Å². The van der Waals surface area contributed by atoms with Crippen molar-refractivity contribution < 1.29 is 9.21 Å². The van der Waals surface area contributed by atoms with E-state index in [-0.39, 0.29) is 11.2 Å². The van der Waals surface area contributed by atoms with Gasteiger partial charge in [-0.25, -0.2) is 0 Å². The van der Waals surface area contributed by atoms with Crippen LogP contribution in [0.15, 0.2) is 22.8 Å². The lowest BCUT2D eigenvalue weighted by Crippen LogP contribution is -2.35. The van der Waals surface area contributed by atoms with E-state index in [0.29, 0.717) is 12.5 Å². The Morgan fingerprint density at radius 1 is 1.60 bits per heavy atom. The second-order valence-electron chi connectivity index (χ2n) is 3.70. The summed E-state index contributed by atoms with van der Waals surface area (Å²) in [5.41, 5.74) is 0. The highest BCUT2D eigenvalue weighted by atomic mass is 32.2. The maximum atomic E-state index is 11.7. The Hall–Kier alpha value is -0.900. The number of amides is 1. The average Bonchev–Trinajstić information content (AvgIpc) is 2.67. The van der Waals surface area contributed by atoms with Gasteiger partial charge in [0, 0.05) is 0 Å². The summed E-state index contributed by atoms with van der Waals surface area (Å²) in [6.07, 6.45) is 3.56. The summed E-state index contributed by atoms with van der Waals surface area (Å²) in [5.74, 6) is 1.21. The SMILES string of the molecule is CS[C@H](C(=O)NCc1ccco1)C(C)C. The van der Waals surface area contributed by atoms with E-state index in [4.69, 9.17) is 4.42 Å². The van der Waals surface area contributed by atoms with Crippen molar-refractivity contribution in [2.75, 3.05) is 6.26 Å². The van der Waals surface area contributed by atoms with Crippen molar-refractivity contribution in [1.82, 2.24) is 5.32 Å². The molecule has 0 bridgehead atoms. The molecule has 0 unspecified atom stereocenters.